The summed E-state index contributed by atoms with van der Waals surface area (Å²) in [6.45, 7) is 4.44. The van der Waals surface area contributed by atoms with E-state index in [1.807, 2.05) is 4.90 Å². The van der Waals surface area contributed by atoms with E-state index >= 15 is 4.39 Å². The van der Waals surface area contributed by atoms with Crippen LogP contribution in [-0.4, -0.2) is 77.1 Å². The Hall–Kier alpha value is -4.45. The van der Waals surface area contributed by atoms with Crippen molar-refractivity contribution in [2.45, 2.75) is 25.8 Å². The number of aromatic carboxylic acids is 1. The SMILES string of the molecule is COc1c(N2CCN(C/C(C)=N/NC(=O)c3ccc(O)cc3)CC2)c(F)cc2c(=O)c(C(=O)O)cn(C3CC3)c12. The van der Waals surface area contributed by atoms with Gasteiger partial charge in [-0.25, -0.2) is 14.6 Å². The Balaban J connectivity index is 1.32. The standard InChI is InChI=1S/C28H30FN5O6/c1-16(30-31-27(37)17-3-7-19(35)8-4-17)14-32-9-11-33(12-10-32)24-22(29)13-20-23(26(24)40-2)34(18-5-6-18)15-21(25(20)36)28(38)39/h3-4,7-8,13,15,18,35H,5-6,9-12,14H2,1-2H3,(H,31,37)(H,38,39)/b30-16+. The summed E-state index contributed by atoms with van der Waals surface area (Å²) in [4.78, 5) is 40.9. The summed E-state index contributed by atoms with van der Waals surface area (Å²) in [5.74, 6) is -2.09. The van der Waals surface area contributed by atoms with Crippen molar-refractivity contribution in [1.29, 1.82) is 0 Å². The fourth-order valence-corrected chi connectivity index (χ4v) is 5.04. The van der Waals surface area contributed by atoms with E-state index in [-0.39, 0.29) is 34.5 Å². The van der Waals surface area contributed by atoms with Crippen LogP contribution in [0.25, 0.3) is 10.9 Å². The lowest BCUT2D eigenvalue weighted by atomic mass is 10.1. The van der Waals surface area contributed by atoms with Crippen LogP contribution in [0.3, 0.4) is 0 Å². The molecule has 12 heteroatoms. The second-order valence-corrected chi connectivity index (χ2v) is 10.0. The first kappa shape index (κ1) is 27.1. The quantitative estimate of drug-likeness (QED) is 0.287. The number of hydrogen-bond donors (Lipinski definition) is 3. The van der Waals surface area contributed by atoms with Crippen molar-refractivity contribution in [2.75, 3.05) is 44.7 Å². The average Bonchev–Trinajstić information content (AvgIpc) is 3.78. The van der Waals surface area contributed by atoms with Crippen LogP contribution in [0.1, 0.15) is 46.5 Å². The van der Waals surface area contributed by atoms with E-state index in [9.17, 15) is 24.6 Å². The van der Waals surface area contributed by atoms with Gasteiger partial charge in [-0.15, -0.1) is 0 Å². The third-order valence-corrected chi connectivity index (χ3v) is 7.19. The Labute approximate surface area is 229 Å². The van der Waals surface area contributed by atoms with Crippen molar-refractivity contribution in [3.05, 3.63) is 63.7 Å². The number of carboxylic acid groups (broad SMARTS) is 1. The first-order valence-electron chi connectivity index (χ1n) is 13.0. The highest BCUT2D eigenvalue weighted by Gasteiger charge is 2.32. The second-order valence-electron chi connectivity index (χ2n) is 10.0. The van der Waals surface area contributed by atoms with Crippen LogP contribution < -0.4 is 20.5 Å². The number of piperazine rings is 1. The highest BCUT2D eigenvalue weighted by Crippen LogP contribution is 2.43. The maximum absolute atomic E-state index is 15.6. The van der Waals surface area contributed by atoms with Gasteiger partial charge in [-0.2, -0.15) is 5.10 Å². The molecule has 2 aromatic carbocycles. The third-order valence-electron chi connectivity index (χ3n) is 7.19. The van der Waals surface area contributed by atoms with Gasteiger partial charge >= 0.3 is 5.97 Å². The molecule has 3 aromatic rings. The molecule has 1 aromatic heterocycles. The molecule has 1 aliphatic heterocycles. The summed E-state index contributed by atoms with van der Waals surface area (Å²) in [6, 6.07) is 7.02. The zero-order valence-electron chi connectivity index (χ0n) is 22.2. The van der Waals surface area contributed by atoms with E-state index in [0.29, 0.717) is 49.5 Å². The van der Waals surface area contributed by atoms with Crippen LogP contribution >= 0.6 is 0 Å². The molecule has 2 aliphatic rings. The molecule has 0 unspecified atom stereocenters. The molecule has 11 nitrogen and oxygen atoms in total. The number of hydrogen-bond acceptors (Lipinski definition) is 8. The van der Waals surface area contributed by atoms with Gasteiger partial charge in [0.2, 0.25) is 5.43 Å². The fourth-order valence-electron chi connectivity index (χ4n) is 5.04. The molecule has 0 atom stereocenters. The van der Waals surface area contributed by atoms with E-state index in [1.54, 1.807) is 11.5 Å². The van der Waals surface area contributed by atoms with Crippen molar-refractivity contribution in [2.24, 2.45) is 5.10 Å². The number of carbonyl (C=O) groups is 2. The molecule has 210 valence electrons. The zero-order chi connectivity index (χ0) is 28.6. The average molecular weight is 552 g/mol. The highest BCUT2D eigenvalue weighted by molar-refractivity contribution is 5.97. The monoisotopic (exact) mass is 551 g/mol. The second kappa shape index (κ2) is 11.0. The molecule has 2 fully saturated rings. The van der Waals surface area contributed by atoms with Crippen molar-refractivity contribution < 1.29 is 28.9 Å². The van der Waals surface area contributed by atoms with E-state index < -0.39 is 22.8 Å². The minimum absolute atomic E-state index is 0.00952. The smallest absolute Gasteiger partial charge is 0.341 e. The molecule has 1 saturated heterocycles. The predicted octanol–water partition coefficient (Wildman–Crippen LogP) is 2.82. The number of aromatic hydroxyl groups is 1. The molecular formula is C28H30FN5O6. The van der Waals surface area contributed by atoms with E-state index in [1.165, 1.54) is 37.6 Å². The fraction of sp³-hybridized carbons (Fsp3) is 0.357. The van der Waals surface area contributed by atoms with Crippen molar-refractivity contribution in [3.63, 3.8) is 0 Å². The first-order chi connectivity index (χ1) is 19.2. The normalized spacial score (nSPS) is 16.3. The maximum Gasteiger partial charge on any atom is 0.341 e. The van der Waals surface area contributed by atoms with Crippen molar-refractivity contribution >= 4 is 34.2 Å². The molecule has 1 saturated carbocycles. The molecular weight excluding hydrogens is 521 g/mol. The third kappa shape index (κ3) is 5.34. The van der Waals surface area contributed by atoms with Gasteiger partial charge in [-0.1, -0.05) is 0 Å². The van der Waals surface area contributed by atoms with Gasteiger partial charge in [0.15, 0.2) is 11.6 Å². The highest BCUT2D eigenvalue weighted by atomic mass is 19.1. The number of aromatic nitrogens is 1. The zero-order valence-corrected chi connectivity index (χ0v) is 22.2. The van der Waals surface area contributed by atoms with Gasteiger partial charge in [-0.05, 0) is 50.1 Å². The largest absolute Gasteiger partial charge is 0.508 e. The van der Waals surface area contributed by atoms with Crippen LogP contribution in [-0.2, 0) is 0 Å². The van der Waals surface area contributed by atoms with Crippen molar-refractivity contribution in [1.82, 2.24) is 14.9 Å². The molecule has 1 amide bonds. The first-order valence-corrected chi connectivity index (χ1v) is 13.0. The summed E-state index contributed by atoms with van der Waals surface area (Å²) < 4.78 is 23.0. The summed E-state index contributed by atoms with van der Waals surface area (Å²) in [5.41, 5.74) is 3.11. The summed E-state index contributed by atoms with van der Waals surface area (Å²) in [7, 11) is 1.42. The van der Waals surface area contributed by atoms with Gasteiger partial charge in [0, 0.05) is 56.2 Å². The summed E-state index contributed by atoms with van der Waals surface area (Å²) in [5, 5.41) is 23.1. The molecule has 0 bridgehead atoms. The number of amides is 1. The van der Waals surface area contributed by atoms with E-state index in [0.717, 1.165) is 18.9 Å². The molecule has 1 aliphatic carbocycles. The summed E-state index contributed by atoms with van der Waals surface area (Å²) >= 11 is 0. The number of anilines is 1. The molecule has 0 radical (unpaired) electrons. The molecule has 0 spiro atoms. The number of rotatable bonds is 8. The number of carbonyl (C=O) groups excluding carboxylic acids is 1. The van der Waals surface area contributed by atoms with Gasteiger partial charge < -0.3 is 24.4 Å². The van der Waals surface area contributed by atoms with Crippen LogP contribution in [0.15, 0.2) is 46.4 Å². The number of nitrogens with one attached hydrogen (secondary N) is 1. The Kier molecular flexibility index (Phi) is 7.44. The number of benzene rings is 2. The van der Waals surface area contributed by atoms with Gasteiger partial charge in [-0.3, -0.25) is 14.5 Å². The minimum Gasteiger partial charge on any atom is -0.508 e. The Morgan fingerprint density at radius 2 is 1.82 bits per heavy atom. The van der Waals surface area contributed by atoms with Crippen LogP contribution in [0, 0.1) is 5.82 Å². The molecule has 40 heavy (non-hydrogen) atoms. The minimum atomic E-state index is -1.35. The number of hydrazone groups is 1. The van der Waals surface area contributed by atoms with Crippen LogP contribution in [0.4, 0.5) is 10.1 Å². The van der Waals surface area contributed by atoms with Gasteiger partial charge in [0.05, 0.1) is 18.0 Å². The number of ether oxygens (including phenoxy) is 1. The van der Waals surface area contributed by atoms with E-state index in [2.05, 4.69) is 15.4 Å². The number of phenolic OH excluding ortho intramolecular Hbond substituents is 1. The number of methoxy groups -OCH3 is 1. The summed E-state index contributed by atoms with van der Waals surface area (Å²) in [6.07, 6.45) is 3.01. The lowest BCUT2D eigenvalue weighted by Crippen LogP contribution is -2.48. The Bertz CT molecular complexity index is 1560. The number of phenols is 1. The van der Waals surface area contributed by atoms with Gasteiger partial charge in [0.1, 0.15) is 17.0 Å². The Morgan fingerprint density at radius 1 is 1.15 bits per heavy atom. The lowest BCUT2D eigenvalue weighted by molar-refractivity contribution is 0.0694. The van der Waals surface area contributed by atoms with Crippen molar-refractivity contribution in [3.8, 4) is 11.5 Å². The predicted molar refractivity (Wildman–Crippen MR) is 147 cm³/mol. The molecule has 2 heterocycles. The van der Waals surface area contributed by atoms with Gasteiger partial charge in [0.25, 0.3) is 5.91 Å². The number of pyridine rings is 1. The van der Waals surface area contributed by atoms with Crippen LogP contribution in [0.2, 0.25) is 0 Å². The molecule has 5 rings (SSSR count). The number of nitrogens with zero attached hydrogens (tertiary/aromatic N) is 4. The Morgan fingerprint density at radius 3 is 2.42 bits per heavy atom. The van der Waals surface area contributed by atoms with Crippen LogP contribution in [0.5, 0.6) is 11.5 Å². The topological polar surface area (TPSA) is 137 Å². The lowest BCUT2D eigenvalue weighted by Gasteiger charge is -2.37. The van der Waals surface area contributed by atoms with E-state index in [4.69, 9.17) is 4.74 Å². The number of carboxylic acids is 1. The number of fused-ring (bicyclic) bond motifs is 1. The maximum atomic E-state index is 15.6. The molecule has 3 N–H and O–H groups in total. The number of halogens is 1.